The van der Waals surface area contributed by atoms with Gasteiger partial charge in [0.2, 0.25) is 0 Å². The van der Waals surface area contributed by atoms with Crippen LogP contribution in [0.2, 0.25) is 0 Å². The number of aliphatic hydroxyl groups excluding tert-OH is 3. The normalized spacial score (nSPS) is 11.0. The number of carboxylic acid groups (broad SMARTS) is 1. The van der Waals surface area contributed by atoms with Gasteiger partial charge in [0.15, 0.2) is 0 Å². The lowest BCUT2D eigenvalue weighted by molar-refractivity contribution is -0.929. The molecular weight excluding hydrogens is 310 g/mol. The summed E-state index contributed by atoms with van der Waals surface area (Å²) in [5.41, 5.74) is 0. The highest BCUT2D eigenvalue weighted by Crippen LogP contribution is 2.12. The fraction of sp³-hybridized carbons (Fsp3) is 0.944. The molecule has 0 aliphatic rings. The summed E-state index contributed by atoms with van der Waals surface area (Å²) in [4.78, 5) is 8.89. The van der Waals surface area contributed by atoms with E-state index in [1.165, 1.54) is 44.9 Å². The first-order valence-electron chi connectivity index (χ1n) is 9.33. The molecule has 0 radical (unpaired) electrons. The molecule has 0 aliphatic carbocycles. The second kappa shape index (κ2) is 18.6. The number of unbranched alkanes of at least 4 members (excludes halogenated alkanes) is 7. The van der Waals surface area contributed by atoms with Gasteiger partial charge in [-0.1, -0.05) is 45.4 Å². The van der Waals surface area contributed by atoms with Crippen molar-refractivity contribution in [2.45, 2.75) is 65.2 Å². The predicted molar refractivity (Wildman–Crippen MR) is 94.3 cm³/mol. The van der Waals surface area contributed by atoms with Crippen LogP contribution in [0.1, 0.15) is 65.2 Å². The lowest BCUT2D eigenvalue weighted by Gasteiger charge is -2.37. The van der Waals surface area contributed by atoms with Crippen molar-refractivity contribution in [3.63, 3.8) is 0 Å². The lowest BCUT2D eigenvalue weighted by atomic mass is 10.1. The monoisotopic (exact) mass is 349 g/mol. The third kappa shape index (κ3) is 17.7. The average Bonchev–Trinajstić information content (AvgIpc) is 2.50. The molecular formula is C18H39NO5. The summed E-state index contributed by atoms with van der Waals surface area (Å²) < 4.78 is 0.652. The molecule has 3 N–H and O–H groups in total. The fourth-order valence-electron chi connectivity index (χ4n) is 2.89. The zero-order valence-corrected chi connectivity index (χ0v) is 15.7. The molecule has 0 saturated heterocycles. The van der Waals surface area contributed by atoms with Gasteiger partial charge >= 0.3 is 0 Å². The van der Waals surface area contributed by atoms with E-state index in [0.717, 1.165) is 19.9 Å². The fourth-order valence-corrected chi connectivity index (χ4v) is 2.89. The first-order valence-corrected chi connectivity index (χ1v) is 9.33. The van der Waals surface area contributed by atoms with Crippen molar-refractivity contribution >= 4 is 5.97 Å². The Morgan fingerprint density at radius 3 is 1.42 bits per heavy atom. The van der Waals surface area contributed by atoms with Crippen LogP contribution in [-0.2, 0) is 4.79 Å². The van der Waals surface area contributed by atoms with Gasteiger partial charge in [0.05, 0.1) is 26.4 Å². The van der Waals surface area contributed by atoms with Gasteiger partial charge in [-0.2, -0.15) is 0 Å². The topological polar surface area (TPSA) is 101 Å². The Kier molecular flexibility index (Phi) is 19.8. The Balaban J connectivity index is 0. The Morgan fingerprint density at radius 1 is 0.750 bits per heavy atom. The highest BCUT2D eigenvalue weighted by atomic mass is 16.4. The minimum atomic E-state index is -1.08. The second-order valence-corrected chi connectivity index (χ2v) is 6.37. The summed E-state index contributed by atoms with van der Waals surface area (Å²) in [5.74, 6) is -1.08. The smallest absolute Gasteiger partial charge is 0.102 e. The molecule has 0 saturated carbocycles. The summed E-state index contributed by atoms with van der Waals surface area (Å²) in [5, 5.41) is 36.5. The summed E-state index contributed by atoms with van der Waals surface area (Å²) in [6, 6.07) is 0. The van der Waals surface area contributed by atoms with Crippen molar-refractivity contribution in [1.82, 2.24) is 0 Å². The Morgan fingerprint density at radius 2 is 1.08 bits per heavy atom. The Bertz CT molecular complexity index is 253. The van der Waals surface area contributed by atoms with Gasteiger partial charge < -0.3 is 29.7 Å². The average molecular weight is 350 g/mol. The first-order chi connectivity index (χ1) is 11.5. The van der Waals surface area contributed by atoms with Gasteiger partial charge in [-0.25, -0.2) is 0 Å². The zero-order valence-electron chi connectivity index (χ0n) is 15.7. The number of carbonyl (C=O) groups excluding carboxylic acids is 1. The molecule has 0 aromatic rings. The minimum Gasteiger partial charge on any atom is -0.550 e. The van der Waals surface area contributed by atoms with Crippen molar-refractivity contribution in [2.24, 2.45) is 0 Å². The van der Waals surface area contributed by atoms with Crippen LogP contribution in [0.5, 0.6) is 0 Å². The highest BCUT2D eigenvalue weighted by molar-refractivity contribution is 5.60. The molecule has 0 rings (SSSR count). The Labute approximate surface area is 147 Å². The molecule has 6 nitrogen and oxygen atoms in total. The van der Waals surface area contributed by atoms with Crippen molar-refractivity contribution in [3.05, 3.63) is 0 Å². The maximum atomic E-state index is 9.20. The zero-order chi connectivity index (χ0) is 18.7. The summed E-state index contributed by atoms with van der Waals surface area (Å²) in [7, 11) is 0. The SMILES string of the molecule is CC(=O)[O-].CCCCCCCCCC[N+](CCO)(CCO)CCO. The number of carbonyl (C=O) groups is 1. The maximum Gasteiger partial charge on any atom is 0.102 e. The maximum absolute atomic E-state index is 9.20. The first kappa shape index (κ1) is 25.5. The molecule has 0 spiro atoms. The third-order valence-electron chi connectivity index (χ3n) is 4.21. The molecule has 0 atom stereocenters. The van der Waals surface area contributed by atoms with Gasteiger partial charge in [-0.3, -0.25) is 0 Å². The van der Waals surface area contributed by atoms with Crippen molar-refractivity contribution in [1.29, 1.82) is 0 Å². The second-order valence-electron chi connectivity index (χ2n) is 6.37. The molecule has 0 unspecified atom stereocenters. The number of nitrogens with zero attached hydrogens (tertiary/aromatic N) is 1. The summed E-state index contributed by atoms with van der Waals surface area (Å²) >= 11 is 0. The molecule has 0 bridgehead atoms. The van der Waals surface area contributed by atoms with Gasteiger partial charge in [0.1, 0.15) is 19.6 Å². The van der Waals surface area contributed by atoms with Crippen LogP contribution < -0.4 is 5.11 Å². The molecule has 6 heteroatoms. The van der Waals surface area contributed by atoms with E-state index in [0.29, 0.717) is 24.1 Å². The number of quaternary nitrogens is 1. The van der Waals surface area contributed by atoms with E-state index in [-0.39, 0.29) is 19.8 Å². The number of carboxylic acids is 1. The standard InChI is InChI=1S/C16H36NO3.C2H4O2/c1-2-3-4-5-6-7-8-9-10-17(11-14-18,12-15-19)13-16-20;1-2(3)4/h18-20H,2-16H2,1H3;1H3,(H,3,4)/q+1;/p-1. The summed E-state index contributed by atoms with van der Waals surface area (Å²) in [6.45, 7) is 6.44. The molecule has 0 fully saturated rings. The van der Waals surface area contributed by atoms with Gasteiger partial charge in [0, 0.05) is 5.97 Å². The molecule has 0 aromatic carbocycles. The number of aliphatic hydroxyl groups is 3. The molecule has 0 heterocycles. The predicted octanol–water partition coefficient (Wildman–Crippen LogP) is 0.677. The van der Waals surface area contributed by atoms with E-state index in [9.17, 15) is 15.3 Å². The van der Waals surface area contributed by atoms with E-state index in [1.54, 1.807) is 0 Å². The van der Waals surface area contributed by atoms with Crippen LogP contribution in [-0.4, -0.2) is 71.8 Å². The number of hydrogen-bond acceptors (Lipinski definition) is 5. The largest absolute Gasteiger partial charge is 0.550 e. The van der Waals surface area contributed by atoms with Crippen LogP contribution in [0.3, 0.4) is 0 Å². The molecule has 146 valence electrons. The van der Waals surface area contributed by atoms with E-state index < -0.39 is 5.97 Å². The molecule has 0 amide bonds. The van der Waals surface area contributed by atoms with E-state index in [2.05, 4.69) is 6.92 Å². The third-order valence-corrected chi connectivity index (χ3v) is 4.21. The van der Waals surface area contributed by atoms with Crippen LogP contribution in [0.4, 0.5) is 0 Å². The van der Waals surface area contributed by atoms with Crippen molar-refractivity contribution < 1.29 is 29.7 Å². The highest BCUT2D eigenvalue weighted by Gasteiger charge is 2.25. The molecule has 0 aliphatic heterocycles. The Hall–Kier alpha value is -0.690. The van der Waals surface area contributed by atoms with Crippen LogP contribution >= 0.6 is 0 Å². The quantitative estimate of drug-likeness (QED) is 0.298. The van der Waals surface area contributed by atoms with Gasteiger partial charge in [-0.15, -0.1) is 0 Å². The van der Waals surface area contributed by atoms with Gasteiger partial charge in [-0.05, 0) is 19.8 Å². The van der Waals surface area contributed by atoms with Crippen LogP contribution in [0.15, 0.2) is 0 Å². The van der Waals surface area contributed by atoms with E-state index >= 15 is 0 Å². The van der Waals surface area contributed by atoms with Gasteiger partial charge in [0.25, 0.3) is 0 Å². The van der Waals surface area contributed by atoms with Crippen molar-refractivity contribution in [3.8, 4) is 0 Å². The van der Waals surface area contributed by atoms with Crippen LogP contribution in [0.25, 0.3) is 0 Å². The van der Waals surface area contributed by atoms with E-state index in [4.69, 9.17) is 9.90 Å². The summed E-state index contributed by atoms with van der Waals surface area (Å²) in [6.07, 6.45) is 10.3. The van der Waals surface area contributed by atoms with Crippen LogP contribution in [0, 0.1) is 0 Å². The minimum absolute atomic E-state index is 0.122. The van der Waals surface area contributed by atoms with Crippen molar-refractivity contribution in [2.75, 3.05) is 46.0 Å². The number of rotatable bonds is 15. The molecule has 0 aromatic heterocycles. The molecule has 24 heavy (non-hydrogen) atoms. The number of hydrogen-bond donors (Lipinski definition) is 3. The number of aliphatic carboxylic acids is 1. The lowest BCUT2D eigenvalue weighted by Crippen LogP contribution is -2.53. The van der Waals surface area contributed by atoms with E-state index in [1.807, 2.05) is 0 Å².